The van der Waals surface area contributed by atoms with Crippen molar-refractivity contribution in [3.05, 3.63) is 58.0 Å². The fraction of sp³-hybridized carbons (Fsp3) is 0.500. The lowest BCUT2D eigenvalue weighted by molar-refractivity contribution is 0.413. The van der Waals surface area contributed by atoms with E-state index in [2.05, 4.69) is 84.8 Å². The van der Waals surface area contributed by atoms with Crippen LogP contribution >= 0.6 is 22.7 Å². The Bertz CT molecular complexity index is 1110. The Labute approximate surface area is 216 Å². The molecule has 4 heteroatoms. The first kappa shape index (κ1) is 28.1. The summed E-state index contributed by atoms with van der Waals surface area (Å²) < 4.78 is 0. The number of nitrogens with zero attached hydrogens (tertiary/aromatic N) is 2. The number of anilines is 1. The molecule has 2 aromatic rings. The third-order valence-electron chi connectivity index (χ3n) is 6.03. The molecule has 0 aliphatic heterocycles. The van der Waals surface area contributed by atoms with Crippen molar-refractivity contribution >= 4 is 33.8 Å². The largest absolute Gasteiger partial charge is 0.366 e. The summed E-state index contributed by atoms with van der Waals surface area (Å²) in [5.74, 6) is 0. The molecule has 2 nitrogen and oxygen atoms in total. The molecule has 2 aromatic heterocycles. The highest BCUT2D eigenvalue weighted by Crippen LogP contribution is 2.57. The standard InChI is InChI=1S/C28H36N2S2.C2H6/c1-18(2)11-10-12-30(9)24-15-23-26(32-24)25-22(28(23,7)8)14-21(31-25)13-20(17-29)19(3)16-27(4,5)6;1-2/h13-15H,1,3,10-12,16H2,2,4-9H3;1-2H3/b20-13-;. The molecule has 0 fully saturated rings. The van der Waals surface area contributed by atoms with Gasteiger partial charge in [-0.15, -0.1) is 29.3 Å². The molecular formula is C30H42N2S2. The first-order valence-electron chi connectivity index (χ1n) is 12.3. The summed E-state index contributed by atoms with van der Waals surface area (Å²) in [6.45, 7) is 26.5. The molecule has 0 N–H and O–H groups in total. The highest BCUT2D eigenvalue weighted by molar-refractivity contribution is 7.25. The highest BCUT2D eigenvalue weighted by atomic mass is 32.1. The fourth-order valence-corrected chi connectivity index (χ4v) is 7.00. The van der Waals surface area contributed by atoms with Gasteiger partial charge in [-0.25, -0.2) is 0 Å². The third kappa shape index (κ3) is 6.32. The van der Waals surface area contributed by atoms with Crippen molar-refractivity contribution in [1.29, 1.82) is 5.26 Å². The monoisotopic (exact) mass is 494 g/mol. The molecule has 0 unspecified atom stereocenters. The lowest BCUT2D eigenvalue weighted by Crippen LogP contribution is -2.18. The molecule has 0 aromatic carbocycles. The Hall–Kier alpha value is -2.09. The van der Waals surface area contributed by atoms with Crippen LogP contribution in [0, 0.1) is 16.7 Å². The van der Waals surface area contributed by atoms with Crippen molar-refractivity contribution < 1.29 is 0 Å². The number of nitriles is 1. The van der Waals surface area contributed by atoms with Gasteiger partial charge in [-0.3, -0.25) is 0 Å². The molecule has 0 amide bonds. The van der Waals surface area contributed by atoms with Crippen LogP contribution in [0.4, 0.5) is 5.00 Å². The maximum absolute atomic E-state index is 9.75. The van der Waals surface area contributed by atoms with Gasteiger partial charge in [-0.1, -0.05) is 60.6 Å². The average molecular weight is 495 g/mol. The summed E-state index contributed by atoms with van der Waals surface area (Å²) >= 11 is 3.70. The van der Waals surface area contributed by atoms with Crippen molar-refractivity contribution in [2.45, 2.75) is 80.1 Å². The predicted octanol–water partition coefficient (Wildman–Crippen LogP) is 9.83. The Morgan fingerprint density at radius 2 is 1.71 bits per heavy atom. The minimum absolute atomic E-state index is 0.0181. The number of allylic oxidation sites excluding steroid dienone is 3. The van der Waals surface area contributed by atoms with E-state index in [9.17, 15) is 5.26 Å². The van der Waals surface area contributed by atoms with Crippen LogP contribution < -0.4 is 4.90 Å². The summed E-state index contributed by atoms with van der Waals surface area (Å²) in [6.07, 6.45) is 5.06. The second-order valence-electron chi connectivity index (χ2n) is 10.8. The van der Waals surface area contributed by atoms with Gasteiger partial charge in [0.15, 0.2) is 0 Å². The van der Waals surface area contributed by atoms with Gasteiger partial charge in [0.25, 0.3) is 0 Å². The molecule has 0 spiro atoms. The molecule has 184 valence electrons. The summed E-state index contributed by atoms with van der Waals surface area (Å²) in [6, 6.07) is 7.05. The Morgan fingerprint density at radius 3 is 2.26 bits per heavy atom. The zero-order chi connectivity index (χ0) is 25.8. The fourth-order valence-electron chi connectivity index (χ4n) is 4.28. The molecular weight excluding hydrogens is 452 g/mol. The van der Waals surface area contributed by atoms with E-state index in [1.54, 1.807) is 11.3 Å². The zero-order valence-corrected chi connectivity index (χ0v) is 24.3. The molecule has 0 saturated heterocycles. The highest BCUT2D eigenvalue weighted by Gasteiger charge is 2.39. The molecule has 0 bridgehead atoms. The maximum Gasteiger partial charge on any atom is 0.0994 e. The number of hydrogen-bond donors (Lipinski definition) is 0. The van der Waals surface area contributed by atoms with Crippen LogP contribution in [-0.4, -0.2) is 13.6 Å². The van der Waals surface area contributed by atoms with Gasteiger partial charge < -0.3 is 4.90 Å². The summed E-state index contributed by atoms with van der Waals surface area (Å²) in [5, 5.41) is 11.1. The second-order valence-corrected chi connectivity index (χ2v) is 13.0. The van der Waals surface area contributed by atoms with E-state index in [-0.39, 0.29) is 10.8 Å². The van der Waals surface area contributed by atoms with Crippen molar-refractivity contribution in [1.82, 2.24) is 0 Å². The smallest absolute Gasteiger partial charge is 0.0994 e. The van der Waals surface area contributed by atoms with Crippen LogP contribution in [0.15, 0.2) is 42.0 Å². The van der Waals surface area contributed by atoms with E-state index >= 15 is 0 Å². The second kappa shape index (κ2) is 11.1. The molecule has 3 rings (SSSR count). The normalized spacial score (nSPS) is 13.9. The number of fused-ring (bicyclic) bond motifs is 3. The van der Waals surface area contributed by atoms with E-state index in [0.29, 0.717) is 5.57 Å². The Morgan fingerprint density at radius 1 is 1.12 bits per heavy atom. The first-order chi connectivity index (χ1) is 15.8. The SMILES string of the molecule is C=C(C)CCCN(C)c1cc2c(s1)-c1sc(/C=C(/C#N)C(=C)CC(C)(C)C)cc1C2(C)C.CC. The van der Waals surface area contributed by atoms with E-state index in [4.69, 9.17) is 0 Å². The van der Waals surface area contributed by atoms with Gasteiger partial charge >= 0.3 is 0 Å². The summed E-state index contributed by atoms with van der Waals surface area (Å²) in [7, 11) is 2.19. The average Bonchev–Trinajstić information content (AvgIpc) is 3.40. The molecule has 2 heterocycles. The van der Waals surface area contributed by atoms with Gasteiger partial charge in [0.1, 0.15) is 0 Å². The van der Waals surface area contributed by atoms with Crippen molar-refractivity contribution in [2.75, 3.05) is 18.5 Å². The topological polar surface area (TPSA) is 27.0 Å². The number of hydrogen-bond acceptors (Lipinski definition) is 4. The summed E-state index contributed by atoms with van der Waals surface area (Å²) in [5.41, 5.74) is 5.77. The van der Waals surface area contributed by atoms with Crippen LogP contribution in [0.2, 0.25) is 0 Å². The van der Waals surface area contributed by atoms with Gasteiger partial charge in [0.2, 0.25) is 0 Å². The molecule has 0 radical (unpaired) electrons. The molecule has 0 atom stereocenters. The van der Waals surface area contributed by atoms with E-state index in [0.717, 1.165) is 36.3 Å². The van der Waals surface area contributed by atoms with Crippen LogP contribution in [0.1, 0.15) is 90.7 Å². The van der Waals surface area contributed by atoms with Crippen LogP contribution in [-0.2, 0) is 5.41 Å². The minimum Gasteiger partial charge on any atom is -0.366 e. The van der Waals surface area contributed by atoms with Crippen molar-refractivity contribution in [3.8, 4) is 15.8 Å². The minimum atomic E-state index is -0.0181. The van der Waals surface area contributed by atoms with E-state index < -0.39 is 0 Å². The lowest BCUT2D eigenvalue weighted by atomic mass is 9.83. The van der Waals surface area contributed by atoms with Crippen LogP contribution in [0.25, 0.3) is 15.8 Å². The first-order valence-corrected chi connectivity index (χ1v) is 13.9. The molecule has 34 heavy (non-hydrogen) atoms. The molecule has 1 aliphatic carbocycles. The van der Waals surface area contributed by atoms with Crippen LogP contribution in [0.3, 0.4) is 0 Å². The van der Waals surface area contributed by atoms with E-state index in [1.165, 1.54) is 31.5 Å². The third-order valence-corrected chi connectivity index (χ3v) is 8.52. The predicted molar refractivity (Wildman–Crippen MR) is 155 cm³/mol. The Balaban J connectivity index is 0.00000199. The van der Waals surface area contributed by atoms with Crippen molar-refractivity contribution in [3.63, 3.8) is 0 Å². The van der Waals surface area contributed by atoms with Crippen molar-refractivity contribution in [2.24, 2.45) is 5.41 Å². The van der Waals surface area contributed by atoms with Gasteiger partial charge in [0, 0.05) is 28.8 Å². The van der Waals surface area contributed by atoms with Gasteiger partial charge in [-0.2, -0.15) is 5.26 Å². The Kier molecular flexibility index (Phi) is 9.19. The lowest BCUT2D eigenvalue weighted by Gasteiger charge is -2.21. The van der Waals surface area contributed by atoms with Crippen LogP contribution in [0.5, 0.6) is 0 Å². The van der Waals surface area contributed by atoms with E-state index in [1.807, 2.05) is 31.3 Å². The maximum atomic E-state index is 9.75. The zero-order valence-electron chi connectivity index (χ0n) is 22.7. The number of rotatable bonds is 8. The molecule has 0 saturated carbocycles. The van der Waals surface area contributed by atoms with Gasteiger partial charge in [-0.05, 0) is 66.5 Å². The quantitative estimate of drug-likeness (QED) is 0.207. The summed E-state index contributed by atoms with van der Waals surface area (Å²) in [4.78, 5) is 6.27. The van der Waals surface area contributed by atoms with Gasteiger partial charge in [0.05, 0.1) is 21.5 Å². The number of thiophene rings is 2. The molecule has 1 aliphatic rings.